The number of aliphatic hydroxyl groups is 1. The Labute approximate surface area is 85.3 Å². The van der Waals surface area contributed by atoms with Gasteiger partial charge in [0.05, 0.1) is 6.61 Å². The summed E-state index contributed by atoms with van der Waals surface area (Å²) < 4.78 is 4.76. The molecular weight excluding hydrogens is 240 g/mol. The van der Waals surface area contributed by atoms with Crippen LogP contribution >= 0.6 is 15.9 Å². The van der Waals surface area contributed by atoms with Crippen LogP contribution < -0.4 is 5.43 Å². The second kappa shape index (κ2) is 8.00. The maximum Gasteiger partial charge on any atom is 0.366 e. The quantitative estimate of drug-likeness (QED) is 0.307. The van der Waals surface area contributed by atoms with Crippen LogP contribution in [0.15, 0.2) is 5.10 Å². The normalized spacial score (nSPS) is 11.2. The molecule has 0 atom stereocenters. The van der Waals surface area contributed by atoms with Gasteiger partial charge in [0.1, 0.15) is 0 Å². The van der Waals surface area contributed by atoms with Gasteiger partial charge in [0.2, 0.25) is 4.62 Å². The van der Waals surface area contributed by atoms with Crippen LogP contribution in [0.5, 0.6) is 0 Å². The Morgan fingerprint density at radius 3 is 2.92 bits per heavy atom. The maximum atomic E-state index is 10.9. The number of carbonyl (C=O) groups excluding carboxylic acids is 1. The summed E-state index contributed by atoms with van der Waals surface area (Å²) in [5.41, 5.74) is 2.61. The summed E-state index contributed by atoms with van der Waals surface area (Å²) in [6, 6.07) is 0. The zero-order valence-electron chi connectivity index (χ0n) is 7.42. The van der Waals surface area contributed by atoms with Crippen molar-refractivity contribution in [3.8, 4) is 0 Å². The zero-order valence-corrected chi connectivity index (χ0v) is 9.00. The van der Waals surface area contributed by atoms with Gasteiger partial charge in [-0.1, -0.05) is 0 Å². The minimum absolute atomic E-state index is 0.0968. The van der Waals surface area contributed by atoms with Crippen LogP contribution in [0.1, 0.15) is 13.3 Å². The van der Waals surface area contributed by atoms with Crippen molar-refractivity contribution in [2.45, 2.75) is 13.3 Å². The van der Waals surface area contributed by atoms with E-state index in [-0.39, 0.29) is 11.2 Å². The Kier molecular flexibility index (Phi) is 7.62. The van der Waals surface area contributed by atoms with E-state index in [1.54, 1.807) is 6.92 Å². The summed E-state index contributed by atoms with van der Waals surface area (Å²) in [7, 11) is 0. The van der Waals surface area contributed by atoms with Crippen molar-refractivity contribution < 1.29 is 14.6 Å². The first-order chi connectivity index (χ1) is 6.22. The lowest BCUT2D eigenvalue weighted by Crippen LogP contribution is -2.17. The molecule has 0 aromatic heterocycles. The molecule has 0 saturated carbocycles. The first kappa shape index (κ1) is 12.4. The van der Waals surface area contributed by atoms with Crippen LogP contribution in [0.2, 0.25) is 0 Å². The van der Waals surface area contributed by atoms with Crippen LogP contribution in [0, 0.1) is 0 Å². The summed E-state index contributed by atoms with van der Waals surface area (Å²) in [4.78, 5) is 10.9. The van der Waals surface area contributed by atoms with E-state index >= 15 is 0 Å². The molecule has 0 aliphatic carbocycles. The molecule has 0 heterocycles. The molecule has 0 unspecified atom stereocenters. The predicted molar refractivity (Wildman–Crippen MR) is 52.7 cm³/mol. The smallest absolute Gasteiger partial charge is 0.366 e. The summed E-state index contributed by atoms with van der Waals surface area (Å²) in [5.74, 6) is -0.501. The predicted octanol–water partition coefficient (Wildman–Crippen LogP) is 0.230. The number of halogens is 1. The number of hydrogen-bond donors (Lipinski definition) is 2. The summed E-state index contributed by atoms with van der Waals surface area (Å²) >= 11 is 2.95. The van der Waals surface area contributed by atoms with Gasteiger partial charge in [-0.05, 0) is 29.3 Å². The molecule has 76 valence electrons. The van der Waals surface area contributed by atoms with E-state index in [1.165, 1.54) is 0 Å². The molecule has 0 aliphatic rings. The molecule has 0 aliphatic heterocycles. The van der Waals surface area contributed by atoms with E-state index < -0.39 is 5.97 Å². The first-order valence-electron chi connectivity index (χ1n) is 3.96. The standard InChI is InChI=1S/C7H13BrN2O3/c1-2-13-7(12)6(8)10-9-4-3-5-11/h9,11H,2-5H2,1H3. The largest absolute Gasteiger partial charge is 0.461 e. The zero-order chi connectivity index (χ0) is 10.1. The molecule has 13 heavy (non-hydrogen) atoms. The number of hydrazone groups is 1. The molecule has 5 nitrogen and oxygen atoms in total. The summed E-state index contributed by atoms with van der Waals surface area (Å²) in [6.07, 6.45) is 0.590. The molecule has 0 rings (SSSR count). The van der Waals surface area contributed by atoms with Gasteiger partial charge in [-0.25, -0.2) is 4.79 Å². The third-order valence-electron chi connectivity index (χ3n) is 1.07. The van der Waals surface area contributed by atoms with E-state index in [9.17, 15) is 4.79 Å². The second-order valence-corrected chi connectivity index (χ2v) is 2.86. The van der Waals surface area contributed by atoms with Crippen LogP contribution in [0.4, 0.5) is 0 Å². The first-order valence-corrected chi connectivity index (χ1v) is 4.75. The third-order valence-corrected chi connectivity index (χ3v) is 1.57. The SMILES string of the molecule is CCOC(=O)C(Br)=NNCCCO. The van der Waals surface area contributed by atoms with E-state index in [0.29, 0.717) is 19.6 Å². The molecular formula is C7H13BrN2O3. The Morgan fingerprint density at radius 1 is 1.69 bits per heavy atom. The molecule has 2 N–H and O–H groups in total. The van der Waals surface area contributed by atoms with E-state index in [2.05, 4.69) is 31.2 Å². The highest BCUT2D eigenvalue weighted by molar-refractivity contribution is 9.19. The lowest BCUT2D eigenvalue weighted by atomic mass is 10.5. The van der Waals surface area contributed by atoms with Crippen LogP contribution in [-0.2, 0) is 9.53 Å². The summed E-state index contributed by atoms with van der Waals surface area (Å²) in [6.45, 7) is 2.65. The number of carbonyl (C=O) groups is 1. The molecule has 0 saturated heterocycles. The molecule has 0 aromatic carbocycles. The van der Waals surface area contributed by atoms with Gasteiger partial charge in [0.15, 0.2) is 0 Å². The average Bonchev–Trinajstić information content (AvgIpc) is 2.12. The number of aliphatic hydroxyl groups excluding tert-OH is 1. The minimum Gasteiger partial charge on any atom is -0.461 e. The topological polar surface area (TPSA) is 70.9 Å². The van der Waals surface area contributed by atoms with Crippen molar-refractivity contribution in [3.63, 3.8) is 0 Å². The molecule has 0 radical (unpaired) electrons. The van der Waals surface area contributed by atoms with Crippen LogP contribution in [0.3, 0.4) is 0 Å². The van der Waals surface area contributed by atoms with E-state index in [0.717, 1.165) is 0 Å². The monoisotopic (exact) mass is 252 g/mol. The summed E-state index contributed by atoms with van der Waals surface area (Å²) in [5, 5.41) is 12.1. The molecule has 0 amide bonds. The van der Waals surface area contributed by atoms with E-state index in [4.69, 9.17) is 5.11 Å². The third kappa shape index (κ3) is 6.53. The van der Waals surface area contributed by atoms with Crippen LogP contribution in [0.25, 0.3) is 0 Å². The van der Waals surface area contributed by atoms with Gasteiger partial charge in [0.25, 0.3) is 0 Å². The van der Waals surface area contributed by atoms with Crippen molar-refractivity contribution in [2.75, 3.05) is 19.8 Å². The molecule has 0 fully saturated rings. The van der Waals surface area contributed by atoms with Gasteiger partial charge >= 0.3 is 5.97 Å². The number of ether oxygens (including phenoxy) is 1. The van der Waals surface area contributed by atoms with Gasteiger partial charge in [-0.15, -0.1) is 0 Å². The Morgan fingerprint density at radius 2 is 2.38 bits per heavy atom. The number of hydrogen-bond acceptors (Lipinski definition) is 5. The number of rotatable bonds is 6. The lowest BCUT2D eigenvalue weighted by molar-refractivity contribution is -0.134. The lowest BCUT2D eigenvalue weighted by Gasteiger charge is -2.00. The fraction of sp³-hybridized carbons (Fsp3) is 0.714. The van der Waals surface area contributed by atoms with Gasteiger partial charge in [-0.2, -0.15) is 5.10 Å². The Balaban J connectivity index is 3.67. The minimum atomic E-state index is -0.501. The molecule has 0 aromatic rings. The highest BCUT2D eigenvalue weighted by Gasteiger charge is 2.07. The van der Waals surface area contributed by atoms with Gasteiger partial charge in [-0.3, -0.25) is 0 Å². The van der Waals surface area contributed by atoms with Gasteiger partial charge in [0, 0.05) is 13.2 Å². The molecule has 6 heteroatoms. The average molecular weight is 253 g/mol. The highest BCUT2D eigenvalue weighted by Crippen LogP contribution is 1.92. The fourth-order valence-corrected chi connectivity index (χ4v) is 0.760. The van der Waals surface area contributed by atoms with Crippen molar-refractivity contribution in [1.82, 2.24) is 5.43 Å². The Hall–Kier alpha value is -0.620. The van der Waals surface area contributed by atoms with Crippen molar-refractivity contribution >= 4 is 26.5 Å². The van der Waals surface area contributed by atoms with E-state index in [1.807, 2.05) is 0 Å². The number of nitrogens with one attached hydrogen (secondary N) is 1. The fourth-order valence-electron chi connectivity index (χ4n) is 0.520. The molecule has 0 spiro atoms. The highest BCUT2D eigenvalue weighted by atomic mass is 79.9. The maximum absolute atomic E-state index is 10.9. The molecule has 0 bridgehead atoms. The number of nitrogens with zero attached hydrogens (tertiary/aromatic N) is 1. The second-order valence-electron chi connectivity index (χ2n) is 2.11. The van der Waals surface area contributed by atoms with Crippen molar-refractivity contribution in [1.29, 1.82) is 0 Å². The van der Waals surface area contributed by atoms with Crippen molar-refractivity contribution in [2.24, 2.45) is 5.10 Å². The Bertz CT molecular complexity index is 185. The van der Waals surface area contributed by atoms with Crippen LogP contribution in [-0.4, -0.2) is 35.5 Å². The number of esters is 1. The van der Waals surface area contributed by atoms with Crippen molar-refractivity contribution in [3.05, 3.63) is 0 Å². The van der Waals surface area contributed by atoms with Gasteiger partial charge < -0.3 is 15.3 Å².